The van der Waals surface area contributed by atoms with Crippen molar-refractivity contribution in [3.63, 3.8) is 0 Å². The molecule has 1 aliphatic rings. The molecule has 2 aromatic heterocycles. The molecular weight excluding hydrogens is 252 g/mol. The van der Waals surface area contributed by atoms with Crippen LogP contribution in [0.5, 0.6) is 0 Å². The number of nitrogens with zero attached hydrogens (tertiary/aromatic N) is 6. The van der Waals surface area contributed by atoms with E-state index in [9.17, 15) is 0 Å². The van der Waals surface area contributed by atoms with Gasteiger partial charge in [-0.05, 0) is 32.6 Å². The Hall–Kier alpha value is -1.98. The van der Waals surface area contributed by atoms with Gasteiger partial charge in [0.25, 0.3) is 0 Å². The summed E-state index contributed by atoms with van der Waals surface area (Å²) in [5.41, 5.74) is 1.99. The Morgan fingerprint density at radius 2 is 2.25 bits per heavy atom. The smallest absolute Gasteiger partial charge is 0.150 e. The minimum Gasteiger partial charge on any atom is -0.355 e. The highest BCUT2D eigenvalue weighted by Crippen LogP contribution is 2.24. The van der Waals surface area contributed by atoms with Gasteiger partial charge in [0.2, 0.25) is 0 Å². The van der Waals surface area contributed by atoms with Crippen LogP contribution in [-0.4, -0.2) is 37.8 Å². The van der Waals surface area contributed by atoms with Crippen molar-refractivity contribution in [2.24, 2.45) is 5.92 Å². The molecule has 0 spiro atoms. The van der Waals surface area contributed by atoms with E-state index in [1.807, 2.05) is 24.7 Å². The van der Waals surface area contributed by atoms with Gasteiger partial charge in [-0.1, -0.05) is 0 Å². The zero-order valence-electron chi connectivity index (χ0n) is 12.0. The number of hydrogen-bond donors (Lipinski definition) is 0. The van der Waals surface area contributed by atoms with Crippen molar-refractivity contribution in [1.82, 2.24) is 24.7 Å². The van der Waals surface area contributed by atoms with Gasteiger partial charge in [0.1, 0.15) is 18.5 Å². The Balaban J connectivity index is 1.73. The zero-order chi connectivity index (χ0) is 13.9. The van der Waals surface area contributed by atoms with Gasteiger partial charge in [0.05, 0.1) is 11.4 Å². The first-order chi connectivity index (χ1) is 9.72. The summed E-state index contributed by atoms with van der Waals surface area (Å²) in [6.07, 6.45) is 7.63. The topological polar surface area (TPSA) is 59.7 Å². The van der Waals surface area contributed by atoms with E-state index in [2.05, 4.69) is 25.0 Å². The molecule has 1 saturated heterocycles. The number of rotatable bonds is 3. The predicted molar refractivity (Wildman–Crippen MR) is 76.5 cm³/mol. The molecule has 0 saturated carbocycles. The van der Waals surface area contributed by atoms with Crippen molar-refractivity contribution in [1.29, 1.82) is 0 Å². The lowest BCUT2D eigenvalue weighted by atomic mass is 9.98. The molecule has 20 heavy (non-hydrogen) atoms. The van der Waals surface area contributed by atoms with E-state index in [4.69, 9.17) is 0 Å². The minimum atomic E-state index is 0.590. The molecule has 1 atom stereocenters. The van der Waals surface area contributed by atoms with Gasteiger partial charge in [-0.15, -0.1) is 0 Å². The fraction of sp³-hybridized carbons (Fsp3) is 0.571. The normalized spacial score (nSPS) is 19.3. The Morgan fingerprint density at radius 1 is 1.35 bits per heavy atom. The van der Waals surface area contributed by atoms with Crippen LogP contribution in [0.25, 0.3) is 0 Å². The molecule has 2 aromatic rings. The van der Waals surface area contributed by atoms with Crippen LogP contribution >= 0.6 is 0 Å². The molecule has 3 rings (SSSR count). The monoisotopic (exact) mass is 272 g/mol. The second-order valence-corrected chi connectivity index (χ2v) is 5.49. The summed E-state index contributed by atoms with van der Waals surface area (Å²) in [6.45, 7) is 7.02. The third-order valence-corrected chi connectivity index (χ3v) is 3.78. The van der Waals surface area contributed by atoms with Crippen LogP contribution in [-0.2, 0) is 6.54 Å². The van der Waals surface area contributed by atoms with Crippen molar-refractivity contribution in [3.05, 3.63) is 30.2 Å². The molecule has 0 bridgehead atoms. The molecule has 0 radical (unpaired) electrons. The van der Waals surface area contributed by atoms with Crippen molar-refractivity contribution >= 4 is 5.82 Å². The molecule has 6 nitrogen and oxygen atoms in total. The lowest BCUT2D eigenvalue weighted by molar-refractivity contribution is 0.350. The summed E-state index contributed by atoms with van der Waals surface area (Å²) < 4.78 is 1.92. The Morgan fingerprint density at radius 3 is 3.05 bits per heavy atom. The van der Waals surface area contributed by atoms with Crippen LogP contribution in [0.15, 0.2) is 18.9 Å². The van der Waals surface area contributed by atoms with Gasteiger partial charge in [0.15, 0.2) is 0 Å². The SMILES string of the molecule is Cc1cnc(C)c(N2CCCC(Cn3cncn3)C2)n1. The Kier molecular flexibility index (Phi) is 3.62. The van der Waals surface area contributed by atoms with Gasteiger partial charge in [-0.2, -0.15) is 5.10 Å². The molecular formula is C14H20N6. The van der Waals surface area contributed by atoms with Crippen molar-refractivity contribution in [2.75, 3.05) is 18.0 Å². The maximum Gasteiger partial charge on any atom is 0.150 e. The molecule has 1 unspecified atom stereocenters. The summed E-state index contributed by atoms with van der Waals surface area (Å²) in [5, 5.41) is 4.20. The molecule has 1 aliphatic heterocycles. The third kappa shape index (κ3) is 2.79. The van der Waals surface area contributed by atoms with E-state index in [1.54, 1.807) is 12.7 Å². The van der Waals surface area contributed by atoms with Crippen molar-refractivity contribution in [3.8, 4) is 0 Å². The zero-order valence-corrected chi connectivity index (χ0v) is 12.0. The van der Waals surface area contributed by atoms with Gasteiger partial charge in [-0.3, -0.25) is 9.67 Å². The van der Waals surface area contributed by atoms with E-state index >= 15 is 0 Å². The van der Waals surface area contributed by atoms with Crippen LogP contribution in [0.2, 0.25) is 0 Å². The molecule has 106 valence electrons. The highest BCUT2D eigenvalue weighted by molar-refractivity contribution is 5.43. The minimum absolute atomic E-state index is 0.590. The first-order valence-corrected chi connectivity index (χ1v) is 7.10. The standard InChI is InChI=1S/C14H20N6/c1-11-6-16-12(2)14(18-11)19-5-3-4-13(7-19)8-20-10-15-9-17-20/h6,9-10,13H,3-5,7-8H2,1-2H3. The maximum absolute atomic E-state index is 4.66. The van der Waals surface area contributed by atoms with Crippen LogP contribution in [0, 0.1) is 19.8 Å². The van der Waals surface area contributed by atoms with E-state index in [0.717, 1.165) is 36.8 Å². The largest absolute Gasteiger partial charge is 0.355 e. The van der Waals surface area contributed by atoms with Gasteiger partial charge >= 0.3 is 0 Å². The lowest BCUT2D eigenvalue weighted by Gasteiger charge is -2.34. The fourth-order valence-corrected chi connectivity index (χ4v) is 2.82. The summed E-state index contributed by atoms with van der Waals surface area (Å²) in [4.78, 5) is 15.4. The van der Waals surface area contributed by atoms with Gasteiger partial charge in [-0.25, -0.2) is 9.97 Å². The van der Waals surface area contributed by atoms with E-state index < -0.39 is 0 Å². The molecule has 0 amide bonds. The van der Waals surface area contributed by atoms with E-state index in [1.165, 1.54) is 12.8 Å². The molecule has 0 N–H and O–H groups in total. The molecule has 6 heteroatoms. The van der Waals surface area contributed by atoms with Crippen LogP contribution in [0.1, 0.15) is 24.2 Å². The van der Waals surface area contributed by atoms with Crippen molar-refractivity contribution < 1.29 is 0 Å². The second-order valence-electron chi connectivity index (χ2n) is 5.49. The fourth-order valence-electron chi connectivity index (χ4n) is 2.82. The quantitative estimate of drug-likeness (QED) is 0.849. The summed E-state index contributed by atoms with van der Waals surface area (Å²) in [5.74, 6) is 1.63. The molecule has 1 fully saturated rings. The third-order valence-electron chi connectivity index (χ3n) is 3.78. The van der Waals surface area contributed by atoms with Gasteiger partial charge < -0.3 is 4.90 Å². The number of anilines is 1. The van der Waals surface area contributed by atoms with E-state index in [0.29, 0.717) is 5.92 Å². The first kappa shape index (κ1) is 13.0. The second kappa shape index (κ2) is 5.56. The number of hydrogen-bond acceptors (Lipinski definition) is 5. The molecule has 3 heterocycles. The van der Waals surface area contributed by atoms with Crippen molar-refractivity contribution in [2.45, 2.75) is 33.2 Å². The number of aryl methyl sites for hydroxylation is 2. The Labute approximate surface area is 118 Å². The highest BCUT2D eigenvalue weighted by Gasteiger charge is 2.23. The number of aromatic nitrogens is 5. The summed E-state index contributed by atoms with van der Waals surface area (Å²) in [6, 6.07) is 0. The number of piperidine rings is 1. The average molecular weight is 272 g/mol. The van der Waals surface area contributed by atoms with Crippen LogP contribution < -0.4 is 4.90 Å². The molecule has 0 aliphatic carbocycles. The van der Waals surface area contributed by atoms with Crippen LogP contribution in [0.3, 0.4) is 0 Å². The highest BCUT2D eigenvalue weighted by atomic mass is 15.3. The predicted octanol–water partition coefficient (Wildman–Crippen LogP) is 1.60. The summed E-state index contributed by atoms with van der Waals surface area (Å²) in [7, 11) is 0. The lowest BCUT2D eigenvalue weighted by Crippen LogP contribution is -2.38. The van der Waals surface area contributed by atoms with Gasteiger partial charge in [0, 0.05) is 25.8 Å². The maximum atomic E-state index is 4.66. The van der Waals surface area contributed by atoms with Crippen LogP contribution in [0.4, 0.5) is 5.82 Å². The average Bonchev–Trinajstić information content (AvgIpc) is 2.95. The van der Waals surface area contributed by atoms with E-state index in [-0.39, 0.29) is 0 Å². The summed E-state index contributed by atoms with van der Waals surface area (Å²) >= 11 is 0. The molecule has 0 aromatic carbocycles. The Bertz CT molecular complexity index is 565. The first-order valence-electron chi connectivity index (χ1n) is 7.10.